The molecule has 188 valence electrons. The molecule has 0 amide bonds. The minimum atomic E-state index is -5.85. The van der Waals surface area contributed by atoms with E-state index < -0.39 is 46.8 Å². The first-order valence-electron chi connectivity index (χ1n) is 7.12. The average Bonchev–Trinajstić information content (AvgIpc) is 3.07. The Hall–Kier alpha value is -1.16. The molecule has 5 unspecified atom stereocenters. The number of aliphatic hydroxyl groups is 2. The molecule has 0 spiro atoms. The number of imidazole rings is 1. The Morgan fingerprint density at radius 1 is 1.09 bits per heavy atom. The van der Waals surface area contributed by atoms with Crippen LogP contribution >= 0.6 is 15.6 Å². The molecular formula is C10H24CoN9O10P2. The van der Waals surface area contributed by atoms with Crippen molar-refractivity contribution >= 4 is 32.6 Å². The minimum Gasteiger partial charge on any atom is -0.790 e. The van der Waals surface area contributed by atoms with Crippen molar-refractivity contribution in [3.05, 3.63) is 12.7 Å². The molecular weight excluding hydrogens is 527 g/mol. The molecule has 0 saturated carbocycles. The van der Waals surface area contributed by atoms with Gasteiger partial charge in [-0.1, -0.05) is 0 Å². The summed E-state index contributed by atoms with van der Waals surface area (Å²) in [5.74, 6) is 0.0655. The van der Waals surface area contributed by atoms with Gasteiger partial charge in [0.2, 0.25) is 0 Å². The van der Waals surface area contributed by atoms with E-state index in [4.69, 9.17) is 10.5 Å². The largest absolute Gasteiger partial charge is 3.00 e. The fourth-order valence-electron chi connectivity index (χ4n) is 2.46. The monoisotopic (exact) mass is 551 g/mol. The van der Waals surface area contributed by atoms with Crippen molar-refractivity contribution in [1.29, 1.82) is 0 Å². The van der Waals surface area contributed by atoms with E-state index in [0.717, 1.165) is 6.33 Å². The van der Waals surface area contributed by atoms with Gasteiger partial charge in [0.1, 0.15) is 30.2 Å². The first-order chi connectivity index (χ1) is 12.5. The van der Waals surface area contributed by atoms with E-state index in [2.05, 4.69) is 23.8 Å². The molecule has 1 aliphatic heterocycles. The van der Waals surface area contributed by atoms with E-state index in [0.29, 0.717) is 0 Å². The van der Waals surface area contributed by atoms with Crippen LogP contribution in [0.3, 0.4) is 0 Å². The summed E-state index contributed by atoms with van der Waals surface area (Å²) < 4.78 is 35.7. The van der Waals surface area contributed by atoms with Crippen LogP contribution in [0.25, 0.3) is 11.2 Å². The summed E-state index contributed by atoms with van der Waals surface area (Å²) in [6.07, 6.45) is -3.48. The second kappa shape index (κ2) is 12.9. The molecule has 3 heterocycles. The molecule has 16 N–H and O–H groups in total. The molecule has 1 aliphatic rings. The Balaban J connectivity index is -0.00000168. The molecule has 19 nitrogen and oxygen atoms in total. The van der Waals surface area contributed by atoms with Crippen LogP contribution in [0, 0.1) is 0 Å². The maximum Gasteiger partial charge on any atom is 3.00 e. The summed E-state index contributed by atoms with van der Waals surface area (Å²) in [5, 5.41) is 20.2. The number of nitrogens with two attached hydrogens (primary N) is 1. The summed E-state index contributed by atoms with van der Waals surface area (Å²) >= 11 is 0. The summed E-state index contributed by atoms with van der Waals surface area (Å²) in [4.78, 5) is 43.7. The van der Waals surface area contributed by atoms with Gasteiger partial charge in [0.25, 0.3) is 7.82 Å². The van der Waals surface area contributed by atoms with Crippen molar-refractivity contribution in [2.24, 2.45) is 0 Å². The normalized spacial score (nSPS) is 24.0. The van der Waals surface area contributed by atoms with Crippen molar-refractivity contribution in [3.63, 3.8) is 0 Å². The van der Waals surface area contributed by atoms with E-state index in [-0.39, 0.29) is 58.4 Å². The molecule has 0 bridgehead atoms. The molecule has 5 atom stereocenters. The van der Waals surface area contributed by atoms with Gasteiger partial charge in [-0.05, 0) is 0 Å². The first-order valence-corrected chi connectivity index (χ1v) is 10.0. The Morgan fingerprint density at radius 2 is 1.69 bits per heavy atom. The zero-order chi connectivity index (χ0) is 20.0. The zero-order valence-electron chi connectivity index (χ0n) is 16.3. The van der Waals surface area contributed by atoms with Crippen molar-refractivity contribution < 1.29 is 64.4 Å². The number of phosphoric ester groups is 1. The van der Waals surface area contributed by atoms with Gasteiger partial charge in [-0.3, -0.25) is 13.4 Å². The number of rotatable bonds is 6. The van der Waals surface area contributed by atoms with Crippen LogP contribution in [0.1, 0.15) is 6.23 Å². The van der Waals surface area contributed by atoms with E-state index in [9.17, 15) is 34.0 Å². The van der Waals surface area contributed by atoms with Gasteiger partial charge in [-0.15, -0.1) is 0 Å². The van der Waals surface area contributed by atoms with Crippen molar-refractivity contribution in [1.82, 2.24) is 44.1 Å². The molecule has 0 aromatic carbocycles. The van der Waals surface area contributed by atoms with Crippen LogP contribution in [-0.2, 0) is 39.5 Å². The van der Waals surface area contributed by atoms with Gasteiger partial charge < -0.3 is 69.1 Å². The number of aliphatic hydroxyl groups excluding tert-OH is 2. The Morgan fingerprint density at radius 3 is 2.25 bits per heavy atom. The van der Waals surface area contributed by atoms with Gasteiger partial charge >= 0.3 is 16.8 Å². The fourth-order valence-corrected chi connectivity index (χ4v) is 3.96. The van der Waals surface area contributed by atoms with Gasteiger partial charge in [0.15, 0.2) is 17.7 Å². The number of nitrogens with zero attached hydrogens (tertiary/aromatic N) is 4. The molecule has 22 heteroatoms. The van der Waals surface area contributed by atoms with Gasteiger partial charge in [0, 0.05) is 0 Å². The van der Waals surface area contributed by atoms with E-state index >= 15 is 0 Å². The van der Waals surface area contributed by atoms with Crippen LogP contribution in [0.2, 0.25) is 0 Å². The van der Waals surface area contributed by atoms with Gasteiger partial charge in [0.05, 0.1) is 20.8 Å². The van der Waals surface area contributed by atoms with Crippen LogP contribution in [0.15, 0.2) is 12.7 Å². The predicted molar refractivity (Wildman–Crippen MR) is 98.0 cm³/mol. The van der Waals surface area contributed by atoms with Crippen LogP contribution < -0.4 is 45.0 Å². The molecule has 0 aliphatic carbocycles. The number of phosphoric acid groups is 2. The quantitative estimate of drug-likeness (QED) is 0.176. The van der Waals surface area contributed by atoms with Crippen LogP contribution in [0.4, 0.5) is 5.82 Å². The maximum absolute atomic E-state index is 11.3. The third-order valence-electron chi connectivity index (χ3n) is 3.60. The zero-order valence-corrected chi connectivity index (χ0v) is 19.1. The number of fused-ring (bicyclic) bond motifs is 1. The summed E-state index contributed by atoms with van der Waals surface area (Å²) in [5.41, 5.74) is 6.04. The molecule has 2 aromatic rings. The predicted octanol–water partition coefficient (Wildman–Crippen LogP) is -3.00. The summed E-state index contributed by atoms with van der Waals surface area (Å²) in [6, 6.07) is 0. The van der Waals surface area contributed by atoms with E-state index in [1.165, 1.54) is 10.9 Å². The smallest absolute Gasteiger partial charge is 0.790 e. The molecule has 32 heavy (non-hydrogen) atoms. The number of anilines is 1. The van der Waals surface area contributed by atoms with E-state index in [1.807, 2.05) is 0 Å². The molecule has 3 rings (SSSR count). The van der Waals surface area contributed by atoms with Crippen molar-refractivity contribution in [3.8, 4) is 0 Å². The SMILES string of the molecule is N.N.N.N.Nc1ncnc2c1ncn2C1OC(COP(=O)([O-])OP(=O)([O-])[O-])C(O)C1O.[Co+3]. The standard InChI is InChI=1S/C10H15N5O10P2.Co.4H3N/c11-8-5-9(13-2-12-8)15(3-14-5)10-7(17)6(16)4(24-10)1-23-27(21,22)25-26(18,19)20;;;;;/h2-4,6-7,10,16-17H,1H2,(H,21,22)(H2,11,12,13)(H2,18,19,20);;4*1H3/q;+3;;;;/p-3. The third-order valence-corrected chi connectivity index (χ3v) is 5.66. The Labute approximate surface area is 191 Å². The number of aromatic nitrogens is 4. The first kappa shape index (κ1) is 35.4. The minimum absolute atomic E-state index is 0. The Bertz CT molecular complexity index is 947. The Kier molecular flexibility index (Phi) is 14.3. The number of ether oxygens (including phenoxy) is 1. The second-order valence-electron chi connectivity index (χ2n) is 5.40. The van der Waals surface area contributed by atoms with Gasteiger partial charge in [-0.2, -0.15) is 0 Å². The summed E-state index contributed by atoms with van der Waals surface area (Å²) in [7, 11) is -11.4. The number of nitrogen functional groups attached to an aromatic ring is 1. The third kappa shape index (κ3) is 7.71. The molecule has 1 fully saturated rings. The van der Waals surface area contributed by atoms with Gasteiger partial charge in [-0.25, -0.2) is 15.0 Å². The topological polar surface area (TPSA) is 381 Å². The van der Waals surface area contributed by atoms with Crippen molar-refractivity contribution in [2.45, 2.75) is 24.5 Å². The van der Waals surface area contributed by atoms with Crippen LogP contribution in [-0.4, -0.2) is 54.7 Å². The average molecular weight is 551 g/mol. The summed E-state index contributed by atoms with van der Waals surface area (Å²) in [6.45, 7) is -0.931. The molecule has 1 saturated heterocycles. The van der Waals surface area contributed by atoms with Crippen LogP contribution in [0.5, 0.6) is 0 Å². The second-order valence-corrected chi connectivity index (χ2v) is 8.10. The fraction of sp³-hybridized carbons (Fsp3) is 0.500. The molecule has 0 radical (unpaired) electrons. The van der Waals surface area contributed by atoms with Crippen molar-refractivity contribution in [2.75, 3.05) is 12.3 Å². The number of hydrogen-bond acceptors (Lipinski definition) is 18. The molecule has 2 aromatic heterocycles. The van der Waals surface area contributed by atoms with E-state index in [1.54, 1.807) is 0 Å². The number of hydrogen-bond donors (Lipinski definition) is 7. The maximum atomic E-state index is 11.3.